The molecule has 2 atom stereocenters. The molecule has 0 aromatic heterocycles. The fourth-order valence-electron chi connectivity index (χ4n) is 1.75. The molecule has 0 aliphatic heterocycles. The molecule has 0 spiro atoms. The van der Waals surface area contributed by atoms with Crippen LogP contribution in [0.5, 0.6) is 0 Å². The van der Waals surface area contributed by atoms with Gasteiger partial charge in [-0.2, -0.15) is 0 Å². The molecule has 100 valence electrons. The second-order valence-electron chi connectivity index (χ2n) is 4.89. The number of nitrogens with one attached hydrogen (secondary N) is 1. The van der Waals surface area contributed by atoms with E-state index in [1.54, 1.807) is 0 Å². The van der Waals surface area contributed by atoms with Gasteiger partial charge in [-0.3, -0.25) is 9.59 Å². The standard InChI is InChI=1S/C13H25NO3/c1-6-10(3)8-13(4,7-2)12(16)14-9-11(15)17-5/h10H,6-9H2,1-5H3,(H,14,16). The lowest BCUT2D eigenvalue weighted by Gasteiger charge is -2.29. The van der Waals surface area contributed by atoms with E-state index in [4.69, 9.17) is 0 Å². The van der Waals surface area contributed by atoms with Gasteiger partial charge in [0, 0.05) is 5.41 Å². The molecule has 1 amide bonds. The minimum Gasteiger partial charge on any atom is -0.468 e. The molecule has 17 heavy (non-hydrogen) atoms. The number of esters is 1. The average Bonchev–Trinajstić information content (AvgIpc) is 2.34. The van der Waals surface area contributed by atoms with Crippen molar-refractivity contribution >= 4 is 11.9 Å². The van der Waals surface area contributed by atoms with Crippen molar-refractivity contribution in [2.75, 3.05) is 13.7 Å². The molecule has 0 saturated carbocycles. The lowest BCUT2D eigenvalue weighted by atomic mass is 9.77. The molecule has 1 N–H and O–H groups in total. The molecule has 4 heteroatoms. The van der Waals surface area contributed by atoms with E-state index in [9.17, 15) is 9.59 Å². The quantitative estimate of drug-likeness (QED) is 0.697. The van der Waals surface area contributed by atoms with Gasteiger partial charge in [-0.1, -0.05) is 34.1 Å². The SMILES string of the molecule is CCC(C)CC(C)(CC)C(=O)NCC(=O)OC. The summed E-state index contributed by atoms with van der Waals surface area (Å²) in [4.78, 5) is 23.0. The van der Waals surface area contributed by atoms with Crippen LogP contribution in [-0.2, 0) is 14.3 Å². The first-order valence-electron chi connectivity index (χ1n) is 6.24. The number of methoxy groups -OCH3 is 1. The van der Waals surface area contributed by atoms with Crippen LogP contribution in [0.3, 0.4) is 0 Å². The van der Waals surface area contributed by atoms with Crippen LogP contribution < -0.4 is 5.32 Å². The van der Waals surface area contributed by atoms with Crippen molar-refractivity contribution in [1.29, 1.82) is 0 Å². The van der Waals surface area contributed by atoms with E-state index in [1.165, 1.54) is 7.11 Å². The van der Waals surface area contributed by atoms with Crippen LogP contribution in [0.2, 0.25) is 0 Å². The van der Waals surface area contributed by atoms with Crippen LogP contribution in [0.15, 0.2) is 0 Å². The summed E-state index contributed by atoms with van der Waals surface area (Å²) < 4.78 is 4.50. The van der Waals surface area contributed by atoms with Crippen LogP contribution in [0.25, 0.3) is 0 Å². The molecule has 0 radical (unpaired) electrons. The molecule has 0 heterocycles. The largest absolute Gasteiger partial charge is 0.468 e. The summed E-state index contributed by atoms with van der Waals surface area (Å²) in [5.74, 6) is 0.0230. The van der Waals surface area contributed by atoms with Crippen LogP contribution in [0.1, 0.15) is 47.0 Å². The predicted octanol–water partition coefficient (Wildman–Crippen LogP) is 2.13. The smallest absolute Gasteiger partial charge is 0.325 e. The number of amides is 1. The molecule has 4 nitrogen and oxygen atoms in total. The fraction of sp³-hybridized carbons (Fsp3) is 0.846. The summed E-state index contributed by atoms with van der Waals surface area (Å²) in [5, 5.41) is 2.64. The summed E-state index contributed by atoms with van der Waals surface area (Å²) in [6.45, 7) is 8.16. The van der Waals surface area contributed by atoms with Crippen molar-refractivity contribution in [3.05, 3.63) is 0 Å². The summed E-state index contributed by atoms with van der Waals surface area (Å²) in [6.07, 6.45) is 2.66. The minimum absolute atomic E-state index is 0.0502. The first-order chi connectivity index (χ1) is 7.89. The Morgan fingerprint density at radius 1 is 1.35 bits per heavy atom. The Kier molecular flexibility index (Phi) is 6.85. The fourth-order valence-corrected chi connectivity index (χ4v) is 1.75. The molecule has 2 unspecified atom stereocenters. The zero-order chi connectivity index (χ0) is 13.5. The lowest BCUT2D eigenvalue weighted by molar-refractivity contribution is -0.142. The maximum Gasteiger partial charge on any atom is 0.325 e. The van der Waals surface area contributed by atoms with Gasteiger partial charge in [0.05, 0.1) is 7.11 Å². The van der Waals surface area contributed by atoms with E-state index in [0.717, 1.165) is 19.3 Å². The van der Waals surface area contributed by atoms with Crippen molar-refractivity contribution in [3.8, 4) is 0 Å². The zero-order valence-electron chi connectivity index (χ0n) is 11.6. The van der Waals surface area contributed by atoms with Gasteiger partial charge in [-0.05, 0) is 18.8 Å². The van der Waals surface area contributed by atoms with Crippen LogP contribution in [0.4, 0.5) is 0 Å². The van der Waals surface area contributed by atoms with Gasteiger partial charge in [0.1, 0.15) is 6.54 Å². The molecule has 0 bridgehead atoms. The molecule has 0 aromatic rings. The topological polar surface area (TPSA) is 55.4 Å². The van der Waals surface area contributed by atoms with Crippen molar-refractivity contribution in [3.63, 3.8) is 0 Å². The number of ether oxygens (including phenoxy) is 1. The highest BCUT2D eigenvalue weighted by molar-refractivity contribution is 5.85. The van der Waals surface area contributed by atoms with E-state index >= 15 is 0 Å². The summed E-state index contributed by atoms with van der Waals surface area (Å²) in [6, 6.07) is 0. The second kappa shape index (κ2) is 7.30. The molecular weight excluding hydrogens is 218 g/mol. The molecule has 0 aliphatic rings. The number of carbonyl (C=O) groups excluding carboxylic acids is 2. The Balaban J connectivity index is 4.41. The predicted molar refractivity (Wildman–Crippen MR) is 67.5 cm³/mol. The van der Waals surface area contributed by atoms with Crippen molar-refractivity contribution < 1.29 is 14.3 Å². The summed E-state index contributed by atoms with van der Waals surface area (Å²) in [5.41, 5.74) is -0.399. The van der Waals surface area contributed by atoms with Crippen molar-refractivity contribution in [2.24, 2.45) is 11.3 Å². The zero-order valence-corrected chi connectivity index (χ0v) is 11.6. The third kappa shape index (κ3) is 5.20. The van der Waals surface area contributed by atoms with E-state index in [1.807, 2.05) is 13.8 Å². The highest BCUT2D eigenvalue weighted by Crippen LogP contribution is 2.31. The van der Waals surface area contributed by atoms with Crippen LogP contribution >= 0.6 is 0 Å². The molecule has 0 rings (SSSR count). The van der Waals surface area contributed by atoms with Gasteiger partial charge in [-0.25, -0.2) is 0 Å². The van der Waals surface area contributed by atoms with E-state index in [-0.39, 0.29) is 12.5 Å². The Morgan fingerprint density at radius 3 is 2.35 bits per heavy atom. The number of carbonyl (C=O) groups is 2. The Bertz CT molecular complexity index is 265. The normalized spacial score (nSPS) is 15.8. The Morgan fingerprint density at radius 2 is 1.94 bits per heavy atom. The molecular formula is C13H25NO3. The van der Waals surface area contributed by atoms with Crippen LogP contribution in [-0.4, -0.2) is 25.5 Å². The van der Waals surface area contributed by atoms with Gasteiger partial charge < -0.3 is 10.1 Å². The van der Waals surface area contributed by atoms with Crippen molar-refractivity contribution in [2.45, 2.75) is 47.0 Å². The maximum absolute atomic E-state index is 12.0. The Hall–Kier alpha value is -1.06. The van der Waals surface area contributed by atoms with E-state index < -0.39 is 11.4 Å². The van der Waals surface area contributed by atoms with Gasteiger partial charge in [0.2, 0.25) is 5.91 Å². The van der Waals surface area contributed by atoms with Gasteiger partial charge >= 0.3 is 5.97 Å². The van der Waals surface area contributed by atoms with Crippen LogP contribution in [0, 0.1) is 11.3 Å². The summed E-state index contributed by atoms with van der Waals surface area (Å²) in [7, 11) is 1.31. The van der Waals surface area contributed by atoms with Gasteiger partial charge in [-0.15, -0.1) is 0 Å². The highest BCUT2D eigenvalue weighted by atomic mass is 16.5. The van der Waals surface area contributed by atoms with Crippen molar-refractivity contribution in [1.82, 2.24) is 5.32 Å². The number of hydrogen-bond donors (Lipinski definition) is 1. The average molecular weight is 243 g/mol. The number of rotatable bonds is 7. The van der Waals surface area contributed by atoms with Gasteiger partial charge in [0.25, 0.3) is 0 Å². The maximum atomic E-state index is 12.0. The van der Waals surface area contributed by atoms with E-state index in [2.05, 4.69) is 23.9 Å². The third-order valence-electron chi connectivity index (χ3n) is 3.45. The molecule has 0 fully saturated rings. The Labute approximate surface area is 104 Å². The molecule has 0 saturated heterocycles. The second-order valence-corrected chi connectivity index (χ2v) is 4.89. The summed E-state index contributed by atoms with van der Waals surface area (Å²) >= 11 is 0. The first kappa shape index (κ1) is 15.9. The lowest BCUT2D eigenvalue weighted by Crippen LogP contribution is -2.42. The number of hydrogen-bond acceptors (Lipinski definition) is 3. The van der Waals surface area contributed by atoms with E-state index in [0.29, 0.717) is 5.92 Å². The van der Waals surface area contributed by atoms with Gasteiger partial charge in [0.15, 0.2) is 0 Å². The molecule has 0 aliphatic carbocycles. The monoisotopic (exact) mass is 243 g/mol. The minimum atomic E-state index is -0.416. The third-order valence-corrected chi connectivity index (χ3v) is 3.45. The molecule has 0 aromatic carbocycles. The highest BCUT2D eigenvalue weighted by Gasteiger charge is 2.32. The first-order valence-corrected chi connectivity index (χ1v) is 6.24.